The predicted molar refractivity (Wildman–Crippen MR) is 75.6 cm³/mol. The molecule has 0 bridgehead atoms. The van der Waals surface area contributed by atoms with E-state index in [1.165, 1.54) is 6.07 Å². The Labute approximate surface area is 113 Å². The molecule has 2 rings (SSSR count). The highest BCUT2D eigenvalue weighted by atomic mass is 19.1. The highest BCUT2D eigenvalue weighted by Gasteiger charge is 2.21. The minimum absolute atomic E-state index is 0.121. The zero-order valence-electron chi connectivity index (χ0n) is 11.5. The number of rotatable bonds is 4. The number of nitrogens with one attached hydrogen (secondary N) is 1. The van der Waals surface area contributed by atoms with Gasteiger partial charge in [-0.2, -0.15) is 0 Å². The zero-order chi connectivity index (χ0) is 13.8. The second-order valence-electron chi connectivity index (χ2n) is 4.81. The average Bonchev–Trinajstić information content (AvgIpc) is 2.42. The van der Waals surface area contributed by atoms with Crippen LogP contribution in [0.4, 0.5) is 4.39 Å². The van der Waals surface area contributed by atoms with Gasteiger partial charge in [0.05, 0.1) is 0 Å². The molecule has 3 heteroatoms. The van der Waals surface area contributed by atoms with Gasteiger partial charge >= 0.3 is 0 Å². The SMILES string of the molecule is CNC(c1ccc(F)cc1C)C(C)c1ccccn1. The Bertz CT molecular complexity index is 540. The molecule has 0 aliphatic carbocycles. The molecule has 0 aliphatic heterocycles. The number of halogens is 1. The van der Waals surface area contributed by atoms with E-state index in [4.69, 9.17) is 0 Å². The number of likely N-dealkylation sites (N-methyl/N-ethyl adjacent to an activating group) is 1. The van der Waals surface area contributed by atoms with Gasteiger partial charge in [-0.25, -0.2) is 4.39 Å². The Hall–Kier alpha value is -1.74. The van der Waals surface area contributed by atoms with Gasteiger partial charge in [0.25, 0.3) is 0 Å². The lowest BCUT2D eigenvalue weighted by Crippen LogP contribution is -2.23. The summed E-state index contributed by atoms with van der Waals surface area (Å²) in [5, 5.41) is 3.31. The van der Waals surface area contributed by atoms with Crippen LogP contribution in [0, 0.1) is 12.7 Å². The first-order valence-corrected chi connectivity index (χ1v) is 6.47. The van der Waals surface area contributed by atoms with Gasteiger partial charge in [-0.15, -0.1) is 0 Å². The van der Waals surface area contributed by atoms with Crippen molar-refractivity contribution < 1.29 is 4.39 Å². The number of benzene rings is 1. The summed E-state index contributed by atoms with van der Waals surface area (Å²) in [7, 11) is 1.92. The van der Waals surface area contributed by atoms with E-state index in [2.05, 4.69) is 17.2 Å². The summed E-state index contributed by atoms with van der Waals surface area (Å²) in [6.07, 6.45) is 1.80. The van der Waals surface area contributed by atoms with Gasteiger partial charge in [0.15, 0.2) is 0 Å². The number of hydrogen-bond acceptors (Lipinski definition) is 2. The van der Waals surface area contributed by atoms with Crippen LogP contribution in [0.15, 0.2) is 42.6 Å². The summed E-state index contributed by atoms with van der Waals surface area (Å²) in [5.41, 5.74) is 3.11. The van der Waals surface area contributed by atoms with E-state index in [0.717, 1.165) is 16.8 Å². The first kappa shape index (κ1) is 13.7. The number of aryl methyl sites for hydroxylation is 1. The molecule has 0 fully saturated rings. The van der Waals surface area contributed by atoms with Crippen LogP contribution in [0.5, 0.6) is 0 Å². The third-order valence-corrected chi connectivity index (χ3v) is 3.53. The van der Waals surface area contributed by atoms with Crippen LogP contribution in [0.3, 0.4) is 0 Å². The van der Waals surface area contributed by atoms with Gasteiger partial charge in [-0.1, -0.05) is 19.1 Å². The molecule has 0 saturated carbocycles. The van der Waals surface area contributed by atoms with Crippen molar-refractivity contribution in [2.75, 3.05) is 7.05 Å². The molecule has 0 amide bonds. The van der Waals surface area contributed by atoms with Crippen molar-refractivity contribution in [3.8, 4) is 0 Å². The van der Waals surface area contributed by atoms with Gasteiger partial charge in [-0.3, -0.25) is 4.98 Å². The Balaban J connectivity index is 2.34. The predicted octanol–water partition coefficient (Wildman–Crippen LogP) is 3.59. The largest absolute Gasteiger partial charge is 0.312 e. The van der Waals surface area contributed by atoms with Crippen LogP contribution < -0.4 is 5.32 Å². The minimum atomic E-state index is -0.193. The molecule has 1 heterocycles. The number of pyridine rings is 1. The van der Waals surface area contributed by atoms with Crippen LogP contribution in [-0.2, 0) is 0 Å². The first-order valence-electron chi connectivity index (χ1n) is 6.47. The van der Waals surface area contributed by atoms with Gasteiger partial charge < -0.3 is 5.32 Å². The zero-order valence-corrected chi connectivity index (χ0v) is 11.5. The molecule has 2 atom stereocenters. The molecule has 0 aliphatic rings. The summed E-state index contributed by atoms with van der Waals surface area (Å²) in [6.45, 7) is 4.07. The minimum Gasteiger partial charge on any atom is -0.312 e. The van der Waals surface area contributed by atoms with Crippen LogP contribution >= 0.6 is 0 Å². The summed E-state index contributed by atoms with van der Waals surface area (Å²) < 4.78 is 13.2. The highest BCUT2D eigenvalue weighted by Crippen LogP contribution is 2.31. The van der Waals surface area contributed by atoms with E-state index in [1.54, 1.807) is 12.3 Å². The molecule has 1 aromatic carbocycles. The van der Waals surface area contributed by atoms with Crippen LogP contribution in [0.2, 0.25) is 0 Å². The van der Waals surface area contributed by atoms with Crippen molar-refractivity contribution in [2.45, 2.75) is 25.8 Å². The second kappa shape index (κ2) is 5.93. The lowest BCUT2D eigenvalue weighted by molar-refractivity contribution is 0.495. The van der Waals surface area contributed by atoms with Gasteiger partial charge in [0.1, 0.15) is 5.82 Å². The van der Waals surface area contributed by atoms with Crippen LogP contribution in [-0.4, -0.2) is 12.0 Å². The van der Waals surface area contributed by atoms with E-state index in [-0.39, 0.29) is 17.8 Å². The smallest absolute Gasteiger partial charge is 0.123 e. The average molecular weight is 258 g/mol. The Morgan fingerprint density at radius 2 is 2.00 bits per heavy atom. The Morgan fingerprint density at radius 1 is 1.21 bits per heavy atom. The molecule has 0 radical (unpaired) electrons. The molecule has 2 nitrogen and oxygen atoms in total. The molecule has 2 unspecified atom stereocenters. The fraction of sp³-hybridized carbons (Fsp3) is 0.312. The van der Waals surface area contributed by atoms with Crippen molar-refractivity contribution in [2.24, 2.45) is 0 Å². The van der Waals surface area contributed by atoms with Gasteiger partial charge in [-0.05, 0) is 49.4 Å². The normalized spacial score (nSPS) is 14.1. The second-order valence-corrected chi connectivity index (χ2v) is 4.81. The quantitative estimate of drug-likeness (QED) is 0.906. The fourth-order valence-corrected chi connectivity index (χ4v) is 2.48. The maximum Gasteiger partial charge on any atom is 0.123 e. The monoisotopic (exact) mass is 258 g/mol. The summed E-state index contributed by atoms with van der Waals surface area (Å²) in [6, 6.07) is 11.0. The molecule has 0 spiro atoms. The molecule has 1 aromatic heterocycles. The lowest BCUT2D eigenvalue weighted by atomic mass is 9.89. The first-order chi connectivity index (χ1) is 9.13. The molecule has 100 valence electrons. The molecule has 0 saturated heterocycles. The van der Waals surface area contributed by atoms with Crippen molar-refractivity contribution in [1.29, 1.82) is 0 Å². The third kappa shape index (κ3) is 2.99. The number of aromatic nitrogens is 1. The summed E-state index contributed by atoms with van der Waals surface area (Å²) in [4.78, 5) is 4.41. The maximum atomic E-state index is 13.2. The van der Waals surface area contributed by atoms with E-state index in [1.807, 2.05) is 38.2 Å². The van der Waals surface area contributed by atoms with Gasteiger partial charge in [0.2, 0.25) is 0 Å². The molecule has 19 heavy (non-hydrogen) atoms. The summed E-state index contributed by atoms with van der Waals surface area (Å²) in [5.74, 6) is 0.0250. The lowest BCUT2D eigenvalue weighted by Gasteiger charge is -2.25. The highest BCUT2D eigenvalue weighted by molar-refractivity contribution is 5.32. The molecule has 2 aromatic rings. The van der Waals surface area contributed by atoms with Gasteiger partial charge in [0, 0.05) is 23.9 Å². The molecule has 1 N–H and O–H groups in total. The van der Waals surface area contributed by atoms with Crippen LogP contribution in [0.1, 0.15) is 35.7 Å². The topological polar surface area (TPSA) is 24.9 Å². The van der Waals surface area contributed by atoms with E-state index in [9.17, 15) is 4.39 Å². The number of nitrogens with zero attached hydrogens (tertiary/aromatic N) is 1. The van der Waals surface area contributed by atoms with E-state index >= 15 is 0 Å². The molecular weight excluding hydrogens is 239 g/mol. The maximum absolute atomic E-state index is 13.2. The van der Waals surface area contributed by atoms with E-state index in [0.29, 0.717) is 0 Å². The Kier molecular flexibility index (Phi) is 4.27. The fourth-order valence-electron chi connectivity index (χ4n) is 2.48. The van der Waals surface area contributed by atoms with Crippen molar-refractivity contribution in [1.82, 2.24) is 10.3 Å². The third-order valence-electron chi connectivity index (χ3n) is 3.53. The molecular formula is C16H19FN2. The van der Waals surface area contributed by atoms with E-state index < -0.39 is 0 Å². The number of hydrogen-bond donors (Lipinski definition) is 1. The van der Waals surface area contributed by atoms with Crippen molar-refractivity contribution in [3.63, 3.8) is 0 Å². The van der Waals surface area contributed by atoms with Crippen molar-refractivity contribution in [3.05, 3.63) is 65.2 Å². The van der Waals surface area contributed by atoms with Crippen LogP contribution in [0.25, 0.3) is 0 Å². The summed E-state index contributed by atoms with van der Waals surface area (Å²) >= 11 is 0. The Morgan fingerprint density at radius 3 is 2.58 bits per heavy atom. The standard InChI is InChI=1S/C16H19FN2/c1-11-10-13(17)7-8-14(11)16(18-3)12(2)15-6-4-5-9-19-15/h4-10,12,16,18H,1-3H3. The van der Waals surface area contributed by atoms with Crippen molar-refractivity contribution >= 4 is 0 Å².